The molecule has 3 heteroatoms. The highest BCUT2D eigenvalue weighted by Gasteiger charge is 2.04. The van der Waals surface area contributed by atoms with E-state index in [1.54, 1.807) is 0 Å². The van der Waals surface area contributed by atoms with Gasteiger partial charge >= 0.3 is 0 Å². The summed E-state index contributed by atoms with van der Waals surface area (Å²) in [5.41, 5.74) is 11.3. The zero-order valence-electron chi connectivity index (χ0n) is 11.3. The molecule has 0 saturated carbocycles. The summed E-state index contributed by atoms with van der Waals surface area (Å²) in [6, 6.07) is 12.6. The fourth-order valence-electron chi connectivity index (χ4n) is 1.99. The van der Waals surface area contributed by atoms with E-state index >= 15 is 0 Å². The number of nitrogen functional groups attached to an aromatic ring is 1. The standard InChI is InChI=1S/C16H19BrN2/c1-3-4-12-5-7-13(8-6-12)19-16-9-11(2)15(18)10-14(16)17/h5-10,19H,3-4,18H2,1-2H3. The topological polar surface area (TPSA) is 38.0 Å². The number of nitrogens with two attached hydrogens (primary N) is 1. The van der Waals surface area contributed by atoms with Crippen LogP contribution in [0.3, 0.4) is 0 Å². The molecule has 0 heterocycles. The fraction of sp³-hybridized carbons (Fsp3) is 0.250. The molecule has 0 saturated heterocycles. The highest BCUT2D eigenvalue weighted by atomic mass is 79.9. The minimum absolute atomic E-state index is 0.802. The number of aryl methyl sites for hydroxylation is 2. The lowest BCUT2D eigenvalue weighted by Gasteiger charge is -2.11. The Hall–Kier alpha value is -1.48. The van der Waals surface area contributed by atoms with Crippen LogP contribution in [-0.4, -0.2) is 0 Å². The predicted octanol–water partition coefficient (Wildman–Crippen LogP) is 5.04. The molecule has 0 unspecified atom stereocenters. The zero-order chi connectivity index (χ0) is 13.8. The summed E-state index contributed by atoms with van der Waals surface area (Å²) in [6.45, 7) is 4.21. The van der Waals surface area contributed by atoms with E-state index in [-0.39, 0.29) is 0 Å². The number of rotatable bonds is 4. The number of halogens is 1. The second-order valence-corrected chi connectivity index (χ2v) is 5.61. The van der Waals surface area contributed by atoms with Gasteiger partial charge in [0.15, 0.2) is 0 Å². The first-order valence-corrected chi connectivity index (χ1v) is 7.31. The molecule has 0 atom stereocenters. The van der Waals surface area contributed by atoms with Crippen molar-refractivity contribution >= 4 is 33.0 Å². The smallest absolute Gasteiger partial charge is 0.0532 e. The first-order valence-electron chi connectivity index (χ1n) is 6.51. The molecule has 0 amide bonds. The van der Waals surface area contributed by atoms with Crippen LogP contribution in [0, 0.1) is 6.92 Å². The van der Waals surface area contributed by atoms with E-state index in [0.29, 0.717) is 0 Å². The van der Waals surface area contributed by atoms with Gasteiger partial charge in [-0.2, -0.15) is 0 Å². The third-order valence-electron chi connectivity index (χ3n) is 3.13. The van der Waals surface area contributed by atoms with Crippen molar-refractivity contribution in [3.05, 3.63) is 52.0 Å². The van der Waals surface area contributed by atoms with E-state index in [1.807, 2.05) is 13.0 Å². The summed E-state index contributed by atoms with van der Waals surface area (Å²) in [4.78, 5) is 0. The molecule has 0 aliphatic heterocycles. The summed E-state index contributed by atoms with van der Waals surface area (Å²) in [5.74, 6) is 0. The van der Waals surface area contributed by atoms with Crippen LogP contribution in [0.4, 0.5) is 17.1 Å². The highest BCUT2D eigenvalue weighted by Crippen LogP contribution is 2.30. The molecule has 0 aliphatic rings. The van der Waals surface area contributed by atoms with Gasteiger partial charge < -0.3 is 11.1 Å². The Bertz CT molecular complexity index is 562. The molecule has 0 bridgehead atoms. The molecule has 0 radical (unpaired) electrons. The van der Waals surface area contributed by atoms with Gasteiger partial charge in [-0.3, -0.25) is 0 Å². The molecule has 0 spiro atoms. The van der Waals surface area contributed by atoms with E-state index in [9.17, 15) is 0 Å². The molecule has 3 N–H and O–H groups in total. The van der Waals surface area contributed by atoms with Crippen LogP contribution < -0.4 is 11.1 Å². The van der Waals surface area contributed by atoms with Crippen LogP contribution in [0.25, 0.3) is 0 Å². The highest BCUT2D eigenvalue weighted by molar-refractivity contribution is 9.10. The summed E-state index contributed by atoms with van der Waals surface area (Å²) in [7, 11) is 0. The van der Waals surface area contributed by atoms with Gasteiger partial charge in [0, 0.05) is 15.8 Å². The molecule has 0 fully saturated rings. The Morgan fingerprint density at radius 2 is 1.84 bits per heavy atom. The van der Waals surface area contributed by atoms with Crippen molar-refractivity contribution < 1.29 is 0 Å². The van der Waals surface area contributed by atoms with Gasteiger partial charge in [-0.1, -0.05) is 25.5 Å². The van der Waals surface area contributed by atoms with Gasteiger partial charge in [0.05, 0.1) is 5.69 Å². The van der Waals surface area contributed by atoms with Crippen molar-refractivity contribution in [2.75, 3.05) is 11.1 Å². The van der Waals surface area contributed by atoms with Crippen LogP contribution in [0.15, 0.2) is 40.9 Å². The maximum atomic E-state index is 5.88. The number of hydrogen-bond acceptors (Lipinski definition) is 2. The Kier molecular flexibility index (Phi) is 4.48. The van der Waals surface area contributed by atoms with Gasteiger partial charge in [-0.25, -0.2) is 0 Å². The summed E-state index contributed by atoms with van der Waals surface area (Å²) < 4.78 is 0.980. The van der Waals surface area contributed by atoms with E-state index in [1.165, 1.54) is 12.0 Å². The first kappa shape index (κ1) is 13.9. The number of hydrogen-bond donors (Lipinski definition) is 2. The predicted molar refractivity (Wildman–Crippen MR) is 87.0 cm³/mol. The normalized spacial score (nSPS) is 10.5. The van der Waals surface area contributed by atoms with Crippen LogP contribution in [0.1, 0.15) is 24.5 Å². The molecular weight excluding hydrogens is 300 g/mol. The van der Waals surface area contributed by atoms with Crippen molar-refractivity contribution in [2.45, 2.75) is 26.7 Å². The number of anilines is 3. The van der Waals surface area contributed by atoms with Crippen LogP contribution >= 0.6 is 15.9 Å². The molecule has 0 aliphatic carbocycles. The van der Waals surface area contributed by atoms with E-state index < -0.39 is 0 Å². The van der Waals surface area contributed by atoms with Crippen molar-refractivity contribution in [1.82, 2.24) is 0 Å². The molecule has 2 aromatic rings. The SMILES string of the molecule is CCCc1ccc(Nc2cc(C)c(N)cc2Br)cc1. The minimum atomic E-state index is 0.802. The van der Waals surface area contributed by atoms with Crippen LogP contribution in [0.5, 0.6) is 0 Å². The Balaban J connectivity index is 2.19. The largest absolute Gasteiger partial charge is 0.398 e. The van der Waals surface area contributed by atoms with E-state index in [0.717, 1.165) is 33.5 Å². The summed E-state index contributed by atoms with van der Waals surface area (Å²) >= 11 is 3.54. The maximum absolute atomic E-state index is 5.88. The third-order valence-corrected chi connectivity index (χ3v) is 3.78. The maximum Gasteiger partial charge on any atom is 0.0532 e. The number of benzene rings is 2. The zero-order valence-corrected chi connectivity index (χ0v) is 12.9. The average molecular weight is 319 g/mol. The number of nitrogens with one attached hydrogen (secondary N) is 1. The molecular formula is C16H19BrN2. The Morgan fingerprint density at radius 1 is 1.16 bits per heavy atom. The third kappa shape index (κ3) is 3.51. The van der Waals surface area contributed by atoms with Crippen LogP contribution in [-0.2, 0) is 6.42 Å². The van der Waals surface area contributed by atoms with E-state index in [2.05, 4.69) is 58.5 Å². The lowest BCUT2D eigenvalue weighted by molar-refractivity contribution is 0.922. The molecule has 0 aromatic heterocycles. The molecule has 19 heavy (non-hydrogen) atoms. The van der Waals surface area contributed by atoms with Crippen molar-refractivity contribution in [2.24, 2.45) is 0 Å². The minimum Gasteiger partial charge on any atom is -0.398 e. The summed E-state index contributed by atoms with van der Waals surface area (Å²) in [6.07, 6.45) is 2.31. The Labute approximate surface area is 123 Å². The van der Waals surface area contributed by atoms with Crippen LogP contribution in [0.2, 0.25) is 0 Å². The second-order valence-electron chi connectivity index (χ2n) is 4.76. The Morgan fingerprint density at radius 3 is 2.47 bits per heavy atom. The first-order chi connectivity index (χ1) is 9.10. The van der Waals surface area contributed by atoms with Gasteiger partial charge in [-0.05, 0) is 64.7 Å². The van der Waals surface area contributed by atoms with Crippen molar-refractivity contribution in [1.29, 1.82) is 0 Å². The average Bonchev–Trinajstić information content (AvgIpc) is 2.38. The molecule has 100 valence electrons. The lowest BCUT2D eigenvalue weighted by Crippen LogP contribution is -1.96. The lowest BCUT2D eigenvalue weighted by atomic mass is 10.1. The monoisotopic (exact) mass is 318 g/mol. The second kappa shape index (κ2) is 6.11. The molecule has 2 rings (SSSR count). The quantitative estimate of drug-likeness (QED) is 0.775. The molecule has 2 nitrogen and oxygen atoms in total. The van der Waals surface area contributed by atoms with E-state index in [4.69, 9.17) is 5.73 Å². The molecule has 2 aromatic carbocycles. The van der Waals surface area contributed by atoms with Gasteiger partial charge in [-0.15, -0.1) is 0 Å². The van der Waals surface area contributed by atoms with Crippen molar-refractivity contribution in [3.63, 3.8) is 0 Å². The van der Waals surface area contributed by atoms with Gasteiger partial charge in [0.2, 0.25) is 0 Å². The summed E-state index contributed by atoms with van der Waals surface area (Å²) in [5, 5.41) is 3.41. The van der Waals surface area contributed by atoms with Crippen molar-refractivity contribution in [3.8, 4) is 0 Å². The van der Waals surface area contributed by atoms with Gasteiger partial charge in [0.1, 0.15) is 0 Å². The fourth-order valence-corrected chi connectivity index (χ4v) is 2.45. The van der Waals surface area contributed by atoms with Gasteiger partial charge in [0.25, 0.3) is 0 Å².